The Bertz CT molecular complexity index is 1090. The fourth-order valence-corrected chi connectivity index (χ4v) is 3.67. The highest BCUT2D eigenvalue weighted by atomic mass is 79.9. The zero-order chi connectivity index (χ0) is 20.7. The molecule has 1 heterocycles. The van der Waals surface area contributed by atoms with Gasteiger partial charge in [-0.3, -0.25) is 4.79 Å². The second-order valence-electron chi connectivity index (χ2n) is 6.04. The van der Waals surface area contributed by atoms with Crippen LogP contribution in [0.4, 0.5) is 0 Å². The number of rotatable bonds is 8. The lowest BCUT2D eigenvalue weighted by molar-refractivity contribution is -0.120. The average Bonchev–Trinajstić information content (AvgIpc) is 3.15. The van der Waals surface area contributed by atoms with E-state index in [2.05, 4.69) is 31.2 Å². The number of carbonyl (C=O) groups is 1. The molecule has 0 saturated carbocycles. The first-order chi connectivity index (χ1) is 13.9. The summed E-state index contributed by atoms with van der Waals surface area (Å²) in [6.45, 7) is -0.00734. The lowest BCUT2D eigenvalue weighted by Crippen LogP contribution is -2.22. The van der Waals surface area contributed by atoms with Crippen LogP contribution in [0.3, 0.4) is 0 Å². The Morgan fingerprint density at radius 2 is 1.76 bits per heavy atom. The molecule has 0 radical (unpaired) electrons. The maximum absolute atomic E-state index is 12.3. The highest BCUT2D eigenvalue weighted by molar-refractivity contribution is 9.10. The molecule has 1 aromatic heterocycles. The predicted octanol–water partition coefficient (Wildman–Crippen LogP) is 3.21. The van der Waals surface area contributed by atoms with Crippen LogP contribution < -0.4 is 10.1 Å². The molecule has 1 amide bonds. The van der Waals surface area contributed by atoms with E-state index >= 15 is 0 Å². The van der Waals surface area contributed by atoms with Crippen molar-refractivity contribution in [2.45, 2.75) is 17.9 Å². The van der Waals surface area contributed by atoms with Gasteiger partial charge < -0.3 is 4.42 Å². The van der Waals surface area contributed by atoms with Gasteiger partial charge in [0.25, 0.3) is 0 Å². The maximum Gasteiger partial charge on any atom is 0.244 e. The Morgan fingerprint density at radius 3 is 2.48 bits per heavy atom. The maximum atomic E-state index is 12.3. The normalized spacial score (nSPS) is 11.6. The van der Waals surface area contributed by atoms with Crippen molar-refractivity contribution in [2.75, 3.05) is 0 Å². The van der Waals surface area contributed by atoms with Crippen molar-refractivity contribution in [3.8, 4) is 0 Å². The number of hydrazone groups is 1. The van der Waals surface area contributed by atoms with Gasteiger partial charge in [0.1, 0.15) is 11.5 Å². The lowest BCUT2D eigenvalue weighted by atomic mass is 10.1. The molecule has 9 heteroatoms. The number of hydrogen-bond donors (Lipinski definition) is 2. The van der Waals surface area contributed by atoms with Gasteiger partial charge in [0.05, 0.1) is 24.1 Å². The van der Waals surface area contributed by atoms with Gasteiger partial charge >= 0.3 is 0 Å². The summed E-state index contributed by atoms with van der Waals surface area (Å²) < 4.78 is 33.3. The van der Waals surface area contributed by atoms with Crippen LogP contribution in [0.2, 0.25) is 0 Å². The van der Waals surface area contributed by atoms with E-state index in [0.717, 1.165) is 10.0 Å². The van der Waals surface area contributed by atoms with Gasteiger partial charge in [0, 0.05) is 4.47 Å². The Kier molecular flexibility index (Phi) is 6.97. The monoisotopic (exact) mass is 475 g/mol. The zero-order valence-corrected chi connectivity index (χ0v) is 17.6. The predicted molar refractivity (Wildman–Crippen MR) is 113 cm³/mol. The Hall–Kier alpha value is -2.75. The first-order valence-corrected chi connectivity index (χ1v) is 10.9. The van der Waals surface area contributed by atoms with Crippen molar-refractivity contribution in [3.05, 3.63) is 88.3 Å². The topological polar surface area (TPSA) is 101 Å². The Balaban J connectivity index is 1.50. The van der Waals surface area contributed by atoms with Crippen molar-refractivity contribution < 1.29 is 17.6 Å². The minimum absolute atomic E-state index is 0.00734. The molecule has 0 aliphatic carbocycles. The molecule has 3 rings (SSSR count). The molecule has 0 aliphatic rings. The summed E-state index contributed by atoms with van der Waals surface area (Å²) in [6, 6.07) is 18.9. The molecule has 0 atom stereocenters. The van der Waals surface area contributed by atoms with Crippen LogP contribution in [0.15, 0.2) is 85.6 Å². The summed E-state index contributed by atoms with van der Waals surface area (Å²) in [6.07, 6.45) is 1.58. The number of hydrogen-bond acceptors (Lipinski definition) is 5. The molecule has 0 unspecified atom stereocenters. The summed E-state index contributed by atoms with van der Waals surface area (Å²) in [4.78, 5) is 12.0. The first-order valence-electron chi connectivity index (χ1n) is 8.62. The van der Waals surface area contributed by atoms with Crippen LogP contribution in [0, 0.1) is 0 Å². The summed E-state index contributed by atoms with van der Waals surface area (Å²) in [5.74, 6) is 0.562. The highest BCUT2D eigenvalue weighted by Crippen LogP contribution is 2.15. The Morgan fingerprint density at radius 1 is 1.03 bits per heavy atom. The number of furan rings is 1. The van der Waals surface area contributed by atoms with Gasteiger partial charge in [0.2, 0.25) is 15.9 Å². The molecule has 150 valence electrons. The van der Waals surface area contributed by atoms with E-state index < -0.39 is 10.0 Å². The largest absolute Gasteiger partial charge is 0.459 e. The van der Waals surface area contributed by atoms with Crippen molar-refractivity contribution in [2.24, 2.45) is 5.10 Å². The van der Waals surface area contributed by atoms with E-state index in [0.29, 0.717) is 11.5 Å². The molecular weight excluding hydrogens is 458 g/mol. The zero-order valence-electron chi connectivity index (χ0n) is 15.2. The molecule has 7 nitrogen and oxygen atoms in total. The van der Waals surface area contributed by atoms with Gasteiger partial charge in [-0.25, -0.2) is 18.6 Å². The SMILES string of the molecule is O=C(Cc1ccccc1)N/N=C\c1ccc(CNS(=O)(=O)c2ccc(Br)cc2)o1. The summed E-state index contributed by atoms with van der Waals surface area (Å²) in [5, 5.41) is 3.85. The molecule has 0 spiro atoms. The van der Waals surface area contributed by atoms with Crippen LogP contribution in [-0.4, -0.2) is 20.5 Å². The number of halogens is 1. The smallest absolute Gasteiger partial charge is 0.244 e. The number of nitrogens with one attached hydrogen (secondary N) is 2. The lowest BCUT2D eigenvalue weighted by Gasteiger charge is -2.05. The van der Waals surface area contributed by atoms with Crippen LogP contribution in [0.1, 0.15) is 17.1 Å². The van der Waals surface area contributed by atoms with Crippen LogP contribution in [0.25, 0.3) is 0 Å². The number of sulfonamides is 1. The van der Waals surface area contributed by atoms with E-state index in [1.165, 1.54) is 18.3 Å². The fraction of sp³-hybridized carbons (Fsp3) is 0.100. The summed E-state index contributed by atoms with van der Waals surface area (Å²) in [7, 11) is -3.65. The van der Waals surface area contributed by atoms with Crippen LogP contribution >= 0.6 is 15.9 Å². The van der Waals surface area contributed by atoms with Crippen molar-refractivity contribution in [1.82, 2.24) is 10.1 Å². The third-order valence-electron chi connectivity index (χ3n) is 3.83. The molecule has 2 N–H and O–H groups in total. The van der Waals surface area contributed by atoms with E-state index in [-0.39, 0.29) is 23.8 Å². The number of amides is 1. The van der Waals surface area contributed by atoms with Gasteiger partial charge in [-0.2, -0.15) is 5.10 Å². The second kappa shape index (κ2) is 9.64. The Labute approximate surface area is 177 Å². The third kappa shape index (κ3) is 6.38. The molecule has 3 aromatic rings. The summed E-state index contributed by atoms with van der Waals surface area (Å²) in [5.41, 5.74) is 3.31. The summed E-state index contributed by atoms with van der Waals surface area (Å²) >= 11 is 3.27. The quantitative estimate of drug-likeness (QED) is 0.385. The van der Waals surface area contributed by atoms with Gasteiger partial charge in [-0.05, 0) is 42.0 Å². The van der Waals surface area contributed by atoms with E-state index in [4.69, 9.17) is 4.42 Å². The minimum Gasteiger partial charge on any atom is -0.459 e. The number of benzene rings is 2. The molecule has 29 heavy (non-hydrogen) atoms. The van der Waals surface area contributed by atoms with Gasteiger partial charge in [0.15, 0.2) is 0 Å². The number of carbonyl (C=O) groups excluding carboxylic acids is 1. The van der Waals surface area contributed by atoms with Gasteiger partial charge in [-0.15, -0.1) is 0 Å². The molecule has 0 bridgehead atoms. The third-order valence-corrected chi connectivity index (χ3v) is 5.78. The average molecular weight is 476 g/mol. The van der Waals surface area contributed by atoms with E-state index in [1.54, 1.807) is 24.3 Å². The van der Waals surface area contributed by atoms with Crippen LogP contribution in [0.5, 0.6) is 0 Å². The van der Waals surface area contributed by atoms with E-state index in [9.17, 15) is 13.2 Å². The molecular formula is C20H18BrN3O4S. The first kappa shape index (κ1) is 21.0. The van der Waals surface area contributed by atoms with Gasteiger partial charge in [-0.1, -0.05) is 46.3 Å². The molecule has 0 aliphatic heterocycles. The van der Waals surface area contributed by atoms with Crippen LogP contribution in [-0.2, 0) is 27.8 Å². The van der Waals surface area contributed by atoms with E-state index in [1.807, 2.05) is 30.3 Å². The standard InChI is InChI=1S/C20H18BrN3O4S/c21-16-6-10-19(11-7-16)29(26,27)23-14-18-9-8-17(28-18)13-22-24-20(25)12-15-4-2-1-3-5-15/h1-11,13,23H,12,14H2,(H,24,25)/b22-13-. The second-order valence-corrected chi connectivity index (χ2v) is 8.72. The minimum atomic E-state index is -3.65. The molecule has 0 fully saturated rings. The van der Waals surface area contributed by atoms with Crippen molar-refractivity contribution in [1.29, 1.82) is 0 Å². The van der Waals surface area contributed by atoms with Crippen molar-refractivity contribution in [3.63, 3.8) is 0 Å². The number of nitrogens with zero attached hydrogens (tertiary/aromatic N) is 1. The molecule has 2 aromatic carbocycles. The fourth-order valence-electron chi connectivity index (χ4n) is 2.41. The molecule has 0 saturated heterocycles. The van der Waals surface area contributed by atoms with Crippen molar-refractivity contribution >= 4 is 38.1 Å². The highest BCUT2D eigenvalue weighted by Gasteiger charge is 2.14.